The summed E-state index contributed by atoms with van der Waals surface area (Å²) in [6.07, 6.45) is 3.47. The molecular weight excluding hydrogens is 282 g/mol. The van der Waals surface area contributed by atoms with Gasteiger partial charge in [-0.1, -0.05) is 12.1 Å². The molecule has 2 amide bonds. The summed E-state index contributed by atoms with van der Waals surface area (Å²) in [6, 6.07) is 7.12. The lowest BCUT2D eigenvalue weighted by Gasteiger charge is -2.29. The van der Waals surface area contributed by atoms with Gasteiger partial charge >= 0.3 is 0 Å². The molecule has 1 N–H and O–H groups in total. The molecule has 0 spiro atoms. The summed E-state index contributed by atoms with van der Waals surface area (Å²) >= 11 is 0. The van der Waals surface area contributed by atoms with E-state index < -0.39 is 0 Å². The minimum absolute atomic E-state index is 0.161. The first-order valence-electron chi connectivity index (χ1n) is 7.34. The van der Waals surface area contributed by atoms with Crippen LogP contribution in [-0.4, -0.2) is 23.5 Å². The van der Waals surface area contributed by atoms with Crippen LogP contribution in [0.3, 0.4) is 0 Å². The SMILES string of the molecule is CCCN1C(=O)CCc2cc(NC(=O)c3ccon3)ccc21. The second-order valence-electron chi connectivity index (χ2n) is 5.23. The van der Waals surface area contributed by atoms with Gasteiger partial charge in [0.2, 0.25) is 5.91 Å². The Morgan fingerprint density at radius 2 is 2.23 bits per heavy atom. The van der Waals surface area contributed by atoms with Gasteiger partial charge in [-0.15, -0.1) is 0 Å². The van der Waals surface area contributed by atoms with Gasteiger partial charge in [-0.05, 0) is 36.6 Å². The van der Waals surface area contributed by atoms with Crippen LogP contribution >= 0.6 is 0 Å². The van der Waals surface area contributed by atoms with Crippen LogP contribution in [-0.2, 0) is 11.2 Å². The zero-order valence-corrected chi connectivity index (χ0v) is 12.3. The maximum Gasteiger partial charge on any atom is 0.277 e. The highest BCUT2D eigenvalue weighted by atomic mass is 16.5. The number of carbonyl (C=O) groups excluding carboxylic acids is 2. The molecule has 0 saturated carbocycles. The number of hydrogen-bond donors (Lipinski definition) is 1. The lowest BCUT2D eigenvalue weighted by Crippen LogP contribution is -2.35. The van der Waals surface area contributed by atoms with E-state index in [0.29, 0.717) is 18.5 Å². The molecule has 0 aliphatic carbocycles. The Hall–Kier alpha value is -2.63. The number of carbonyl (C=O) groups is 2. The van der Waals surface area contributed by atoms with Gasteiger partial charge in [-0.25, -0.2) is 0 Å². The van der Waals surface area contributed by atoms with Crippen LogP contribution in [0.2, 0.25) is 0 Å². The molecule has 0 fully saturated rings. The Morgan fingerprint density at radius 3 is 2.95 bits per heavy atom. The molecule has 1 aromatic heterocycles. The van der Waals surface area contributed by atoms with Crippen molar-refractivity contribution in [1.29, 1.82) is 0 Å². The summed E-state index contributed by atoms with van der Waals surface area (Å²) in [6.45, 7) is 2.77. The van der Waals surface area contributed by atoms with Gasteiger partial charge in [0.25, 0.3) is 5.91 Å². The standard InChI is InChI=1S/C16H17N3O3/c1-2-8-19-14-5-4-12(10-11(14)3-6-15(19)20)17-16(21)13-7-9-22-18-13/h4-5,7,9-10H,2-3,6,8H2,1H3,(H,17,21). The van der Waals surface area contributed by atoms with Gasteiger partial charge in [0.15, 0.2) is 5.69 Å². The monoisotopic (exact) mass is 299 g/mol. The number of benzene rings is 1. The first kappa shape index (κ1) is 14.3. The normalized spacial score (nSPS) is 13.9. The molecule has 3 rings (SSSR count). The third-order valence-electron chi connectivity index (χ3n) is 3.66. The number of hydrogen-bond acceptors (Lipinski definition) is 4. The highest BCUT2D eigenvalue weighted by Gasteiger charge is 2.23. The van der Waals surface area contributed by atoms with Gasteiger partial charge in [-0.3, -0.25) is 9.59 Å². The summed E-state index contributed by atoms with van der Waals surface area (Å²) in [5.74, 6) is -0.153. The number of rotatable bonds is 4. The maximum atomic E-state index is 12.0. The van der Waals surface area contributed by atoms with E-state index in [2.05, 4.69) is 15.0 Å². The Balaban J connectivity index is 1.82. The predicted molar refractivity (Wildman–Crippen MR) is 81.9 cm³/mol. The van der Waals surface area contributed by atoms with Gasteiger partial charge in [0, 0.05) is 30.4 Å². The number of aromatic nitrogens is 1. The third-order valence-corrected chi connectivity index (χ3v) is 3.66. The molecule has 0 radical (unpaired) electrons. The molecule has 2 aromatic rings. The average Bonchev–Trinajstić information content (AvgIpc) is 3.05. The Bertz CT molecular complexity index is 695. The molecule has 1 aliphatic rings. The van der Waals surface area contributed by atoms with E-state index in [4.69, 9.17) is 0 Å². The van der Waals surface area contributed by atoms with E-state index in [0.717, 1.165) is 24.2 Å². The lowest BCUT2D eigenvalue weighted by molar-refractivity contribution is -0.118. The zero-order valence-electron chi connectivity index (χ0n) is 12.3. The molecule has 1 aromatic carbocycles. The molecule has 0 bridgehead atoms. The van der Waals surface area contributed by atoms with Crippen molar-refractivity contribution in [3.63, 3.8) is 0 Å². The van der Waals surface area contributed by atoms with Gasteiger partial charge in [-0.2, -0.15) is 0 Å². The molecule has 0 saturated heterocycles. The van der Waals surface area contributed by atoms with E-state index >= 15 is 0 Å². The highest BCUT2D eigenvalue weighted by Crippen LogP contribution is 2.30. The molecule has 6 nitrogen and oxygen atoms in total. The van der Waals surface area contributed by atoms with E-state index in [9.17, 15) is 9.59 Å². The van der Waals surface area contributed by atoms with E-state index in [1.54, 1.807) is 6.07 Å². The van der Waals surface area contributed by atoms with Crippen molar-refractivity contribution in [3.05, 3.63) is 41.8 Å². The van der Waals surface area contributed by atoms with Gasteiger partial charge in [0.05, 0.1) is 0 Å². The summed E-state index contributed by atoms with van der Waals surface area (Å²) in [7, 11) is 0. The Morgan fingerprint density at radius 1 is 1.36 bits per heavy atom. The van der Waals surface area contributed by atoms with Crippen LogP contribution in [0.5, 0.6) is 0 Å². The van der Waals surface area contributed by atoms with Crippen molar-refractivity contribution in [2.24, 2.45) is 0 Å². The fourth-order valence-corrected chi connectivity index (χ4v) is 2.63. The van der Waals surface area contributed by atoms with Crippen LogP contribution in [0, 0.1) is 0 Å². The average molecular weight is 299 g/mol. The maximum absolute atomic E-state index is 12.0. The highest BCUT2D eigenvalue weighted by molar-refractivity contribution is 6.03. The van der Waals surface area contributed by atoms with Crippen LogP contribution < -0.4 is 10.2 Å². The van der Waals surface area contributed by atoms with E-state index in [1.807, 2.05) is 24.0 Å². The third kappa shape index (κ3) is 2.72. The largest absolute Gasteiger partial charge is 0.364 e. The van der Waals surface area contributed by atoms with Crippen LogP contribution in [0.1, 0.15) is 35.8 Å². The van der Waals surface area contributed by atoms with Crippen molar-refractivity contribution in [2.45, 2.75) is 26.2 Å². The number of aryl methyl sites for hydroxylation is 1. The summed E-state index contributed by atoms with van der Waals surface area (Å²) in [5.41, 5.74) is 2.95. The van der Waals surface area contributed by atoms with Crippen molar-refractivity contribution in [1.82, 2.24) is 5.16 Å². The summed E-state index contributed by atoms with van der Waals surface area (Å²) < 4.78 is 4.66. The first-order valence-corrected chi connectivity index (χ1v) is 7.34. The molecule has 6 heteroatoms. The van der Waals surface area contributed by atoms with Crippen molar-refractivity contribution < 1.29 is 14.1 Å². The zero-order chi connectivity index (χ0) is 15.5. The number of nitrogens with zero attached hydrogens (tertiary/aromatic N) is 2. The van der Waals surface area contributed by atoms with Crippen molar-refractivity contribution in [3.8, 4) is 0 Å². The molecule has 114 valence electrons. The number of amides is 2. The van der Waals surface area contributed by atoms with Crippen molar-refractivity contribution in [2.75, 3.05) is 16.8 Å². The fourth-order valence-electron chi connectivity index (χ4n) is 2.63. The Kier molecular flexibility index (Phi) is 3.91. The predicted octanol–water partition coefficient (Wildman–Crippen LogP) is 2.62. The van der Waals surface area contributed by atoms with Crippen LogP contribution in [0.4, 0.5) is 11.4 Å². The fraction of sp³-hybridized carbons (Fsp3) is 0.312. The van der Waals surface area contributed by atoms with E-state index in [-0.39, 0.29) is 17.5 Å². The Labute approximate surface area is 128 Å². The van der Waals surface area contributed by atoms with Crippen LogP contribution in [0.15, 0.2) is 35.1 Å². The second-order valence-corrected chi connectivity index (χ2v) is 5.23. The smallest absolute Gasteiger partial charge is 0.277 e. The molecule has 1 aliphatic heterocycles. The number of anilines is 2. The topological polar surface area (TPSA) is 75.4 Å². The molecule has 0 atom stereocenters. The number of fused-ring (bicyclic) bond motifs is 1. The number of nitrogens with one attached hydrogen (secondary N) is 1. The summed E-state index contributed by atoms with van der Waals surface area (Å²) in [5, 5.41) is 6.39. The molecule has 22 heavy (non-hydrogen) atoms. The van der Waals surface area contributed by atoms with Gasteiger partial charge in [0.1, 0.15) is 6.26 Å². The second kappa shape index (κ2) is 6.01. The quantitative estimate of drug-likeness (QED) is 0.941. The first-order chi connectivity index (χ1) is 10.7. The lowest BCUT2D eigenvalue weighted by atomic mass is 10.00. The minimum atomic E-state index is -0.314. The van der Waals surface area contributed by atoms with Gasteiger partial charge < -0.3 is 14.7 Å². The van der Waals surface area contributed by atoms with Crippen LogP contribution in [0.25, 0.3) is 0 Å². The molecule has 0 unspecified atom stereocenters. The van der Waals surface area contributed by atoms with E-state index in [1.165, 1.54) is 12.3 Å². The summed E-state index contributed by atoms with van der Waals surface area (Å²) in [4.78, 5) is 25.8. The molecule has 2 heterocycles. The minimum Gasteiger partial charge on any atom is -0.364 e. The molecular formula is C16H17N3O3. The van der Waals surface area contributed by atoms with Crippen molar-refractivity contribution >= 4 is 23.2 Å².